The average molecular weight is 342 g/mol. The molecule has 3 heterocycles. The maximum absolute atomic E-state index is 12.2. The molecule has 0 radical (unpaired) electrons. The lowest BCUT2D eigenvalue weighted by Crippen LogP contribution is -2.63. The lowest BCUT2D eigenvalue weighted by atomic mass is 9.79. The molecule has 120 valence electrons. The highest BCUT2D eigenvalue weighted by Crippen LogP contribution is 2.51. The molecule has 0 unspecified atom stereocenters. The molecule has 8 heteroatoms. The lowest BCUT2D eigenvalue weighted by Gasteiger charge is -2.46. The lowest BCUT2D eigenvalue weighted by molar-refractivity contribution is -0.163. The number of aliphatic hydroxyl groups excluding tert-OH is 1. The Bertz CT molecular complexity index is 589. The van der Waals surface area contributed by atoms with Crippen LogP contribution in [0.2, 0.25) is 0 Å². The number of thioether (sulfide) groups is 1. The molecular formula is C14H18N2O4S2. The highest BCUT2D eigenvalue weighted by Gasteiger charge is 2.60. The summed E-state index contributed by atoms with van der Waals surface area (Å²) in [6.45, 7) is 4.22. The van der Waals surface area contributed by atoms with Gasteiger partial charge in [0.1, 0.15) is 5.70 Å². The largest absolute Gasteiger partial charge is 0.477 e. The van der Waals surface area contributed by atoms with E-state index in [2.05, 4.69) is 5.32 Å². The molecular weight excluding hydrogens is 324 g/mol. The van der Waals surface area contributed by atoms with E-state index in [0.29, 0.717) is 6.54 Å². The van der Waals surface area contributed by atoms with Crippen LogP contribution in [0, 0.1) is 11.8 Å². The van der Waals surface area contributed by atoms with Crippen LogP contribution >= 0.6 is 24.0 Å². The second-order valence-corrected chi connectivity index (χ2v) is 7.85. The third kappa shape index (κ3) is 2.24. The van der Waals surface area contributed by atoms with Crippen molar-refractivity contribution >= 4 is 40.8 Å². The van der Waals surface area contributed by atoms with Crippen molar-refractivity contribution in [3.8, 4) is 0 Å². The Hall–Kier alpha value is -1.12. The van der Waals surface area contributed by atoms with Crippen molar-refractivity contribution in [3.63, 3.8) is 0 Å². The minimum absolute atomic E-state index is 0.0810. The van der Waals surface area contributed by atoms with E-state index < -0.39 is 18.0 Å². The summed E-state index contributed by atoms with van der Waals surface area (Å²) in [6, 6.07) is -0.248. The maximum atomic E-state index is 12.2. The number of hydrogen-bond acceptors (Lipinski definition) is 5. The van der Waals surface area contributed by atoms with E-state index in [1.807, 2.05) is 6.92 Å². The third-order valence-corrected chi connectivity index (χ3v) is 6.34. The van der Waals surface area contributed by atoms with Crippen molar-refractivity contribution in [2.45, 2.75) is 37.7 Å². The summed E-state index contributed by atoms with van der Waals surface area (Å²) in [7, 11) is 0. The number of nitrogens with one attached hydrogen (secondary N) is 1. The Kier molecular flexibility index (Phi) is 3.94. The number of carbonyl (C=O) groups excluding carboxylic acids is 1. The van der Waals surface area contributed by atoms with E-state index in [1.165, 1.54) is 16.7 Å². The number of thiocarbonyl (C=S) groups is 1. The SMILES string of the molecule is C[C@@H](O)[C@H]1C(=O)N2C(C(=O)O)=C(S[C@H]3CNC(=S)C3)[C@H](C)[C@H]12. The summed E-state index contributed by atoms with van der Waals surface area (Å²) in [5, 5.41) is 22.6. The first-order valence-corrected chi connectivity index (χ1v) is 8.53. The van der Waals surface area contributed by atoms with Gasteiger partial charge in [-0.2, -0.15) is 0 Å². The van der Waals surface area contributed by atoms with Gasteiger partial charge in [0.05, 0.1) is 23.1 Å². The van der Waals surface area contributed by atoms with Crippen LogP contribution in [0.25, 0.3) is 0 Å². The Morgan fingerprint density at radius 1 is 1.55 bits per heavy atom. The number of carboxylic acids is 1. The van der Waals surface area contributed by atoms with Crippen molar-refractivity contribution in [2.75, 3.05) is 6.54 Å². The van der Waals surface area contributed by atoms with Gasteiger partial charge in [-0.05, 0) is 6.92 Å². The van der Waals surface area contributed by atoms with Crippen LogP contribution in [-0.4, -0.2) is 55.9 Å². The topological polar surface area (TPSA) is 89.9 Å². The summed E-state index contributed by atoms with van der Waals surface area (Å²) >= 11 is 6.62. The molecule has 0 spiro atoms. The normalized spacial score (nSPS) is 35.3. The number of aliphatic carboxylic acids is 1. The summed E-state index contributed by atoms with van der Waals surface area (Å²) in [5.41, 5.74) is 0.0854. The standard InChI is InChI=1S/C14H18N2O4S2/c1-5-10-9(6(2)17)13(18)16(10)11(14(19)20)12(5)22-7-3-8(21)15-4-7/h5-7,9-10,17H,3-4H2,1-2H3,(H,15,21)(H,19,20)/t5-,6-,7-,9-,10-/m1/s1. The first-order valence-electron chi connectivity index (χ1n) is 7.25. The van der Waals surface area contributed by atoms with Crippen molar-refractivity contribution < 1.29 is 19.8 Å². The zero-order chi connectivity index (χ0) is 16.2. The van der Waals surface area contributed by atoms with Crippen LogP contribution < -0.4 is 5.32 Å². The van der Waals surface area contributed by atoms with Gasteiger partial charge in [-0.1, -0.05) is 19.1 Å². The third-order valence-electron chi connectivity index (χ3n) is 4.54. The van der Waals surface area contributed by atoms with Gasteiger partial charge >= 0.3 is 5.97 Å². The van der Waals surface area contributed by atoms with Gasteiger partial charge in [0.2, 0.25) is 5.91 Å². The Balaban J connectivity index is 1.88. The molecule has 3 N–H and O–H groups in total. The van der Waals surface area contributed by atoms with Gasteiger partial charge in [0.25, 0.3) is 0 Å². The Morgan fingerprint density at radius 3 is 2.73 bits per heavy atom. The molecule has 1 amide bonds. The minimum atomic E-state index is -1.08. The molecule has 3 aliphatic rings. The molecule has 0 aliphatic carbocycles. The van der Waals surface area contributed by atoms with E-state index >= 15 is 0 Å². The molecule has 0 bridgehead atoms. The molecule has 2 saturated heterocycles. The fourth-order valence-electron chi connectivity index (χ4n) is 3.52. The molecule has 0 aromatic carbocycles. The molecule has 0 aromatic heterocycles. The highest BCUT2D eigenvalue weighted by molar-refractivity contribution is 8.03. The number of β-lactam (4-membered cyclic amide) rings is 1. The van der Waals surface area contributed by atoms with Crippen molar-refractivity contribution in [1.82, 2.24) is 10.2 Å². The Morgan fingerprint density at radius 2 is 2.23 bits per heavy atom. The first-order chi connectivity index (χ1) is 10.3. The Labute approximate surface area is 137 Å². The predicted molar refractivity (Wildman–Crippen MR) is 86.2 cm³/mol. The zero-order valence-corrected chi connectivity index (χ0v) is 13.9. The summed E-state index contributed by atoms with van der Waals surface area (Å²) in [6.07, 6.45) is -0.0435. The van der Waals surface area contributed by atoms with E-state index in [4.69, 9.17) is 12.2 Å². The van der Waals surface area contributed by atoms with Gasteiger partial charge in [-0.15, -0.1) is 11.8 Å². The highest BCUT2D eigenvalue weighted by atomic mass is 32.2. The molecule has 0 aromatic rings. The fourth-order valence-corrected chi connectivity index (χ4v) is 5.34. The monoisotopic (exact) mass is 342 g/mol. The molecule has 2 fully saturated rings. The van der Waals surface area contributed by atoms with Crippen LogP contribution in [0.5, 0.6) is 0 Å². The van der Waals surface area contributed by atoms with Crippen LogP contribution in [-0.2, 0) is 9.59 Å². The molecule has 3 aliphatic heterocycles. The van der Waals surface area contributed by atoms with Crippen molar-refractivity contribution in [1.29, 1.82) is 0 Å². The van der Waals surface area contributed by atoms with E-state index in [0.717, 1.165) is 16.3 Å². The van der Waals surface area contributed by atoms with Gasteiger partial charge in [-0.25, -0.2) is 4.79 Å². The number of fused-ring (bicyclic) bond motifs is 1. The van der Waals surface area contributed by atoms with Gasteiger partial charge < -0.3 is 20.4 Å². The fraction of sp³-hybridized carbons (Fsp3) is 0.643. The van der Waals surface area contributed by atoms with E-state index in [1.54, 1.807) is 6.92 Å². The van der Waals surface area contributed by atoms with E-state index in [9.17, 15) is 19.8 Å². The number of nitrogens with zero attached hydrogens (tertiary/aromatic N) is 1. The zero-order valence-electron chi connectivity index (χ0n) is 12.3. The predicted octanol–water partition coefficient (Wildman–Crippen LogP) is 0.563. The maximum Gasteiger partial charge on any atom is 0.353 e. The molecule has 6 nitrogen and oxygen atoms in total. The number of aliphatic hydroxyl groups is 1. The van der Waals surface area contributed by atoms with Crippen molar-refractivity contribution in [3.05, 3.63) is 10.6 Å². The number of hydrogen-bond donors (Lipinski definition) is 3. The number of amides is 1. The minimum Gasteiger partial charge on any atom is -0.477 e. The number of carbonyl (C=O) groups is 2. The molecule has 3 rings (SSSR count). The van der Waals surface area contributed by atoms with E-state index in [-0.39, 0.29) is 28.8 Å². The quantitative estimate of drug-likeness (QED) is 0.508. The molecule has 5 atom stereocenters. The smallest absolute Gasteiger partial charge is 0.353 e. The van der Waals surface area contributed by atoms with Gasteiger partial charge in [0.15, 0.2) is 0 Å². The molecule has 0 saturated carbocycles. The second kappa shape index (κ2) is 5.50. The second-order valence-electron chi connectivity index (χ2n) is 6.02. The average Bonchev–Trinajstić information content (AvgIpc) is 2.92. The summed E-state index contributed by atoms with van der Waals surface area (Å²) < 4.78 is 0. The van der Waals surface area contributed by atoms with Crippen molar-refractivity contribution in [2.24, 2.45) is 11.8 Å². The van der Waals surface area contributed by atoms with Crippen LogP contribution in [0.1, 0.15) is 20.3 Å². The van der Waals surface area contributed by atoms with Crippen LogP contribution in [0.3, 0.4) is 0 Å². The first kappa shape index (κ1) is 15.8. The van der Waals surface area contributed by atoms with Crippen LogP contribution in [0.15, 0.2) is 10.6 Å². The van der Waals surface area contributed by atoms with Crippen LogP contribution in [0.4, 0.5) is 0 Å². The van der Waals surface area contributed by atoms with Gasteiger partial charge in [-0.3, -0.25) is 4.79 Å². The number of rotatable bonds is 4. The molecule has 22 heavy (non-hydrogen) atoms. The van der Waals surface area contributed by atoms with Gasteiger partial charge in [0, 0.05) is 29.0 Å². The summed E-state index contributed by atoms with van der Waals surface area (Å²) in [5.74, 6) is -1.96. The summed E-state index contributed by atoms with van der Waals surface area (Å²) in [4.78, 5) is 26.7. The number of carboxylic acid groups (broad SMARTS) is 1.